The summed E-state index contributed by atoms with van der Waals surface area (Å²) >= 11 is 0. The van der Waals surface area contributed by atoms with Gasteiger partial charge in [-0.05, 0) is 38.5 Å². The Hall–Kier alpha value is -1.58. The molecular weight excluding hydrogens is 217 g/mol. The monoisotopic (exact) mass is 237 g/mol. The SMILES string of the molecule is CN(Cc1cccc(F)c1)C(N)=NC(C)(C)C. The third-order valence-electron chi connectivity index (χ3n) is 2.15. The van der Waals surface area contributed by atoms with Gasteiger partial charge >= 0.3 is 0 Å². The summed E-state index contributed by atoms with van der Waals surface area (Å²) < 4.78 is 13.0. The predicted molar refractivity (Wildman–Crippen MR) is 69.2 cm³/mol. The molecule has 0 saturated carbocycles. The molecule has 0 bridgehead atoms. The quantitative estimate of drug-likeness (QED) is 0.634. The predicted octanol–water partition coefficient (Wildman–Crippen LogP) is 2.37. The summed E-state index contributed by atoms with van der Waals surface area (Å²) in [4.78, 5) is 6.16. The Morgan fingerprint density at radius 2 is 2.06 bits per heavy atom. The highest BCUT2D eigenvalue weighted by molar-refractivity contribution is 5.78. The first kappa shape index (κ1) is 13.5. The minimum atomic E-state index is -0.234. The highest BCUT2D eigenvalue weighted by Crippen LogP contribution is 2.09. The van der Waals surface area contributed by atoms with Crippen molar-refractivity contribution in [3.05, 3.63) is 35.6 Å². The maximum absolute atomic E-state index is 13.0. The number of aliphatic imine (C=N–C) groups is 1. The molecule has 3 nitrogen and oxygen atoms in total. The number of nitrogens with zero attached hydrogens (tertiary/aromatic N) is 2. The van der Waals surface area contributed by atoms with Crippen LogP contribution in [0.4, 0.5) is 4.39 Å². The Kier molecular flexibility index (Phi) is 4.10. The molecule has 0 radical (unpaired) electrons. The van der Waals surface area contributed by atoms with Crippen LogP contribution >= 0.6 is 0 Å². The second kappa shape index (κ2) is 5.17. The van der Waals surface area contributed by atoms with Gasteiger partial charge in [0.1, 0.15) is 5.82 Å². The lowest BCUT2D eigenvalue weighted by molar-refractivity contribution is 0.472. The van der Waals surface area contributed by atoms with E-state index in [-0.39, 0.29) is 11.4 Å². The van der Waals surface area contributed by atoms with Gasteiger partial charge < -0.3 is 10.6 Å². The molecule has 1 aromatic rings. The molecule has 94 valence electrons. The molecule has 17 heavy (non-hydrogen) atoms. The van der Waals surface area contributed by atoms with Gasteiger partial charge in [0, 0.05) is 13.6 Å². The number of rotatable bonds is 2. The Bertz CT molecular complexity index is 407. The van der Waals surface area contributed by atoms with Crippen LogP contribution in [-0.2, 0) is 6.54 Å². The van der Waals surface area contributed by atoms with Gasteiger partial charge in [0.25, 0.3) is 0 Å². The minimum Gasteiger partial charge on any atom is -0.370 e. The molecule has 0 aliphatic heterocycles. The molecule has 0 atom stereocenters. The molecule has 4 heteroatoms. The third kappa shape index (κ3) is 4.85. The first-order valence-corrected chi connectivity index (χ1v) is 5.59. The fraction of sp³-hybridized carbons (Fsp3) is 0.462. The van der Waals surface area contributed by atoms with Gasteiger partial charge in [-0.2, -0.15) is 0 Å². The Morgan fingerprint density at radius 3 is 2.59 bits per heavy atom. The summed E-state index contributed by atoms with van der Waals surface area (Å²) in [5, 5.41) is 0. The van der Waals surface area contributed by atoms with Crippen LogP contribution in [0.3, 0.4) is 0 Å². The highest BCUT2D eigenvalue weighted by atomic mass is 19.1. The number of guanidine groups is 1. The molecule has 0 spiro atoms. The van der Waals surface area contributed by atoms with Gasteiger partial charge in [-0.1, -0.05) is 12.1 Å². The van der Waals surface area contributed by atoms with Crippen LogP contribution in [0.15, 0.2) is 29.3 Å². The van der Waals surface area contributed by atoms with E-state index in [4.69, 9.17) is 5.73 Å². The lowest BCUT2D eigenvalue weighted by atomic mass is 10.1. The van der Waals surface area contributed by atoms with Crippen molar-refractivity contribution in [1.82, 2.24) is 4.90 Å². The van der Waals surface area contributed by atoms with Crippen LogP contribution in [0.25, 0.3) is 0 Å². The Morgan fingerprint density at radius 1 is 1.41 bits per heavy atom. The summed E-state index contributed by atoms with van der Waals surface area (Å²) in [6, 6.07) is 6.48. The number of halogens is 1. The van der Waals surface area contributed by atoms with Crippen molar-refractivity contribution in [3.63, 3.8) is 0 Å². The van der Waals surface area contributed by atoms with Crippen molar-refractivity contribution < 1.29 is 4.39 Å². The summed E-state index contributed by atoms with van der Waals surface area (Å²) in [5.41, 5.74) is 6.54. The molecule has 0 aliphatic carbocycles. The normalized spacial score (nSPS) is 12.6. The summed E-state index contributed by atoms with van der Waals surface area (Å²) in [5.74, 6) is 0.226. The molecule has 0 fully saturated rings. The molecule has 0 amide bonds. The standard InChI is InChI=1S/C13H20FN3/c1-13(2,3)16-12(15)17(4)9-10-6-5-7-11(14)8-10/h5-8H,9H2,1-4H3,(H2,15,16). The summed E-state index contributed by atoms with van der Waals surface area (Å²) in [6.07, 6.45) is 0. The first-order chi connectivity index (χ1) is 7.78. The van der Waals surface area contributed by atoms with Crippen LogP contribution in [-0.4, -0.2) is 23.4 Å². The summed E-state index contributed by atoms with van der Waals surface area (Å²) in [6.45, 7) is 6.49. The van der Waals surface area contributed by atoms with Gasteiger partial charge in [-0.15, -0.1) is 0 Å². The number of benzene rings is 1. The maximum Gasteiger partial charge on any atom is 0.191 e. The zero-order chi connectivity index (χ0) is 13.1. The average molecular weight is 237 g/mol. The van der Waals surface area contributed by atoms with Gasteiger partial charge in [-0.3, -0.25) is 0 Å². The second-order valence-corrected chi connectivity index (χ2v) is 5.13. The van der Waals surface area contributed by atoms with E-state index in [1.807, 2.05) is 33.9 Å². The lowest BCUT2D eigenvalue weighted by Crippen LogP contribution is -2.35. The van der Waals surface area contributed by atoms with Crippen LogP contribution in [0.2, 0.25) is 0 Å². The Labute approximate surface area is 102 Å². The van der Waals surface area contributed by atoms with Gasteiger partial charge in [-0.25, -0.2) is 9.38 Å². The van der Waals surface area contributed by atoms with Crippen molar-refractivity contribution in [3.8, 4) is 0 Å². The number of hydrogen-bond donors (Lipinski definition) is 1. The zero-order valence-electron chi connectivity index (χ0n) is 10.9. The maximum atomic E-state index is 13.0. The van der Waals surface area contributed by atoms with E-state index in [9.17, 15) is 4.39 Å². The van der Waals surface area contributed by atoms with Crippen molar-refractivity contribution in [2.45, 2.75) is 32.9 Å². The second-order valence-electron chi connectivity index (χ2n) is 5.13. The third-order valence-corrected chi connectivity index (χ3v) is 2.15. The molecule has 0 saturated heterocycles. The van der Waals surface area contributed by atoms with Crippen molar-refractivity contribution in [2.24, 2.45) is 10.7 Å². The molecule has 0 aliphatic rings. The van der Waals surface area contributed by atoms with E-state index in [0.29, 0.717) is 12.5 Å². The molecule has 0 aromatic heterocycles. The number of hydrogen-bond acceptors (Lipinski definition) is 1. The average Bonchev–Trinajstić information content (AvgIpc) is 2.14. The summed E-state index contributed by atoms with van der Waals surface area (Å²) in [7, 11) is 1.84. The van der Waals surface area contributed by atoms with Gasteiger partial charge in [0.2, 0.25) is 0 Å². The van der Waals surface area contributed by atoms with Crippen LogP contribution in [0.1, 0.15) is 26.3 Å². The molecule has 1 rings (SSSR count). The Balaban J connectivity index is 2.73. The molecular formula is C13H20FN3. The van der Waals surface area contributed by atoms with E-state index in [1.54, 1.807) is 11.0 Å². The molecule has 0 unspecified atom stereocenters. The van der Waals surface area contributed by atoms with Crippen molar-refractivity contribution in [1.29, 1.82) is 0 Å². The van der Waals surface area contributed by atoms with Gasteiger partial charge in [0.05, 0.1) is 5.54 Å². The first-order valence-electron chi connectivity index (χ1n) is 5.59. The fourth-order valence-electron chi connectivity index (χ4n) is 1.42. The van der Waals surface area contributed by atoms with E-state index >= 15 is 0 Å². The van der Waals surface area contributed by atoms with Gasteiger partial charge in [0.15, 0.2) is 5.96 Å². The van der Waals surface area contributed by atoms with Crippen LogP contribution in [0, 0.1) is 5.82 Å². The van der Waals surface area contributed by atoms with E-state index in [0.717, 1.165) is 5.56 Å². The molecule has 0 heterocycles. The largest absolute Gasteiger partial charge is 0.370 e. The molecule has 2 N–H and O–H groups in total. The van der Waals surface area contributed by atoms with Crippen molar-refractivity contribution in [2.75, 3.05) is 7.05 Å². The fourth-order valence-corrected chi connectivity index (χ4v) is 1.42. The number of nitrogens with two attached hydrogens (primary N) is 1. The highest BCUT2D eigenvalue weighted by Gasteiger charge is 2.11. The minimum absolute atomic E-state index is 0.208. The van der Waals surface area contributed by atoms with E-state index in [2.05, 4.69) is 4.99 Å². The van der Waals surface area contributed by atoms with Crippen LogP contribution < -0.4 is 5.73 Å². The van der Waals surface area contributed by atoms with Crippen LogP contribution in [0.5, 0.6) is 0 Å². The van der Waals surface area contributed by atoms with Crippen molar-refractivity contribution >= 4 is 5.96 Å². The zero-order valence-corrected chi connectivity index (χ0v) is 10.9. The van der Waals surface area contributed by atoms with E-state index in [1.165, 1.54) is 12.1 Å². The lowest BCUT2D eigenvalue weighted by Gasteiger charge is -2.22. The topological polar surface area (TPSA) is 41.6 Å². The smallest absolute Gasteiger partial charge is 0.191 e. The van der Waals surface area contributed by atoms with E-state index < -0.39 is 0 Å². The molecule has 1 aromatic carbocycles.